The molecule has 0 saturated heterocycles. The monoisotopic (exact) mass is 315 g/mol. The summed E-state index contributed by atoms with van der Waals surface area (Å²) in [6.45, 7) is 0. The molecule has 0 bridgehead atoms. The molecule has 3 aromatic carbocycles. The van der Waals surface area contributed by atoms with E-state index in [2.05, 4.69) is 0 Å². The van der Waals surface area contributed by atoms with Crippen molar-refractivity contribution < 1.29 is 4.92 Å². The van der Waals surface area contributed by atoms with Crippen molar-refractivity contribution in [2.24, 2.45) is 0 Å². The summed E-state index contributed by atoms with van der Waals surface area (Å²) in [5.74, 6) is 0. The largest absolute Gasteiger partial charge is 0.269 e. The summed E-state index contributed by atoms with van der Waals surface area (Å²) in [7, 11) is 0. The Hall–Kier alpha value is -3.47. The van der Waals surface area contributed by atoms with Crippen LogP contribution in [0.2, 0.25) is 0 Å². The molecule has 0 aliphatic rings. The predicted molar refractivity (Wildman–Crippen MR) is 93.2 cm³/mol. The van der Waals surface area contributed by atoms with Crippen molar-refractivity contribution in [1.82, 2.24) is 9.78 Å². The van der Waals surface area contributed by atoms with Crippen molar-refractivity contribution in [3.05, 3.63) is 89.0 Å². The van der Waals surface area contributed by atoms with Crippen LogP contribution >= 0.6 is 0 Å². The molecule has 1 heterocycles. The SMILES string of the molecule is O=[N+]([O-])c1ccc(-c2nn(-c3ccccc3)c3ccccc23)cc1. The Morgan fingerprint density at radius 3 is 2.21 bits per heavy atom. The van der Waals surface area contributed by atoms with Gasteiger partial charge in [-0.1, -0.05) is 36.4 Å². The Morgan fingerprint density at radius 2 is 1.50 bits per heavy atom. The van der Waals surface area contributed by atoms with Gasteiger partial charge in [0.1, 0.15) is 5.69 Å². The zero-order valence-electron chi connectivity index (χ0n) is 12.7. The molecule has 0 amide bonds. The Kier molecular flexibility index (Phi) is 3.31. The van der Waals surface area contributed by atoms with Crippen molar-refractivity contribution >= 4 is 16.6 Å². The number of non-ortho nitro benzene ring substituents is 1. The number of aromatic nitrogens is 2. The van der Waals surface area contributed by atoms with Gasteiger partial charge in [-0.2, -0.15) is 5.10 Å². The molecule has 5 nitrogen and oxygen atoms in total. The lowest BCUT2D eigenvalue weighted by atomic mass is 10.1. The zero-order chi connectivity index (χ0) is 16.5. The molecule has 1 aromatic heterocycles. The highest BCUT2D eigenvalue weighted by molar-refractivity contribution is 5.94. The lowest BCUT2D eigenvalue weighted by Gasteiger charge is -2.02. The van der Waals surface area contributed by atoms with E-state index >= 15 is 0 Å². The first kappa shape index (κ1) is 14.1. The Bertz CT molecular complexity index is 1020. The third-order valence-corrected chi connectivity index (χ3v) is 3.94. The van der Waals surface area contributed by atoms with Crippen molar-refractivity contribution in [2.75, 3.05) is 0 Å². The summed E-state index contributed by atoms with van der Waals surface area (Å²) in [6, 6.07) is 24.4. The summed E-state index contributed by atoms with van der Waals surface area (Å²) >= 11 is 0. The van der Waals surface area contributed by atoms with Crippen LogP contribution in [0.25, 0.3) is 27.8 Å². The van der Waals surface area contributed by atoms with Crippen LogP contribution < -0.4 is 0 Å². The van der Waals surface area contributed by atoms with Gasteiger partial charge in [0.2, 0.25) is 0 Å². The van der Waals surface area contributed by atoms with Crippen molar-refractivity contribution in [1.29, 1.82) is 0 Å². The second-order valence-corrected chi connectivity index (χ2v) is 5.42. The van der Waals surface area contributed by atoms with Gasteiger partial charge in [-0.05, 0) is 30.3 Å². The summed E-state index contributed by atoms with van der Waals surface area (Å²) in [6.07, 6.45) is 0. The Labute approximate surface area is 137 Å². The van der Waals surface area contributed by atoms with E-state index in [1.807, 2.05) is 59.3 Å². The highest BCUT2D eigenvalue weighted by Crippen LogP contribution is 2.30. The minimum atomic E-state index is -0.398. The molecule has 5 heteroatoms. The van der Waals surface area contributed by atoms with Gasteiger partial charge in [-0.3, -0.25) is 10.1 Å². The maximum Gasteiger partial charge on any atom is 0.269 e. The molecule has 0 saturated carbocycles. The maximum atomic E-state index is 10.8. The van der Waals surface area contributed by atoms with E-state index in [1.54, 1.807) is 12.1 Å². The van der Waals surface area contributed by atoms with Crippen LogP contribution in [0.3, 0.4) is 0 Å². The summed E-state index contributed by atoms with van der Waals surface area (Å²) in [5.41, 5.74) is 3.71. The van der Waals surface area contributed by atoms with Gasteiger partial charge in [0.05, 0.1) is 16.1 Å². The van der Waals surface area contributed by atoms with E-state index in [0.717, 1.165) is 27.8 Å². The topological polar surface area (TPSA) is 61.0 Å². The fourth-order valence-electron chi connectivity index (χ4n) is 2.79. The standard InChI is InChI=1S/C19H13N3O2/c23-22(24)16-12-10-14(11-13-16)19-17-8-4-5-9-18(17)21(20-19)15-6-2-1-3-7-15/h1-13H. The maximum absolute atomic E-state index is 10.8. The molecule has 0 N–H and O–H groups in total. The van der Waals surface area contributed by atoms with Gasteiger partial charge in [0, 0.05) is 23.1 Å². The average molecular weight is 315 g/mol. The van der Waals surface area contributed by atoms with Crippen LogP contribution in [-0.2, 0) is 0 Å². The van der Waals surface area contributed by atoms with Crippen molar-refractivity contribution in [3.8, 4) is 16.9 Å². The fourth-order valence-corrected chi connectivity index (χ4v) is 2.79. The number of nitrogens with zero attached hydrogens (tertiary/aromatic N) is 3. The van der Waals surface area contributed by atoms with Crippen molar-refractivity contribution in [2.45, 2.75) is 0 Å². The van der Waals surface area contributed by atoms with E-state index in [-0.39, 0.29) is 5.69 Å². The molecule has 4 aromatic rings. The molecule has 0 spiro atoms. The molecule has 116 valence electrons. The van der Waals surface area contributed by atoms with E-state index in [9.17, 15) is 10.1 Å². The minimum Gasteiger partial charge on any atom is -0.258 e. The summed E-state index contributed by atoms with van der Waals surface area (Å²) < 4.78 is 1.89. The smallest absolute Gasteiger partial charge is 0.258 e. The first-order valence-electron chi connectivity index (χ1n) is 7.52. The fraction of sp³-hybridized carbons (Fsp3) is 0. The minimum absolute atomic E-state index is 0.0746. The number of hydrogen-bond acceptors (Lipinski definition) is 3. The number of nitro benzene ring substituents is 1. The number of fused-ring (bicyclic) bond motifs is 1. The summed E-state index contributed by atoms with van der Waals surface area (Å²) in [5, 5.41) is 16.6. The van der Waals surface area contributed by atoms with E-state index in [4.69, 9.17) is 5.10 Å². The number of rotatable bonds is 3. The van der Waals surface area contributed by atoms with Gasteiger partial charge in [0.25, 0.3) is 5.69 Å². The highest BCUT2D eigenvalue weighted by atomic mass is 16.6. The summed E-state index contributed by atoms with van der Waals surface area (Å²) in [4.78, 5) is 10.4. The predicted octanol–water partition coefficient (Wildman–Crippen LogP) is 4.60. The van der Waals surface area contributed by atoms with Crippen LogP contribution in [0, 0.1) is 10.1 Å². The van der Waals surface area contributed by atoms with Gasteiger partial charge in [-0.25, -0.2) is 4.68 Å². The third-order valence-electron chi connectivity index (χ3n) is 3.94. The van der Waals surface area contributed by atoms with E-state index in [1.165, 1.54) is 12.1 Å². The quantitative estimate of drug-likeness (QED) is 0.410. The number of nitro groups is 1. The Morgan fingerprint density at radius 1 is 0.833 bits per heavy atom. The van der Waals surface area contributed by atoms with Crippen LogP contribution in [0.1, 0.15) is 0 Å². The molecule has 24 heavy (non-hydrogen) atoms. The van der Waals surface area contributed by atoms with Gasteiger partial charge < -0.3 is 0 Å². The van der Waals surface area contributed by atoms with Crippen LogP contribution in [0.15, 0.2) is 78.9 Å². The van der Waals surface area contributed by atoms with Gasteiger partial charge in [0.15, 0.2) is 0 Å². The second kappa shape index (κ2) is 5.62. The van der Waals surface area contributed by atoms with Crippen LogP contribution in [-0.4, -0.2) is 14.7 Å². The number of hydrogen-bond donors (Lipinski definition) is 0. The molecule has 0 unspecified atom stereocenters. The highest BCUT2D eigenvalue weighted by Gasteiger charge is 2.14. The number of benzene rings is 3. The molecule has 0 radical (unpaired) electrons. The number of para-hydroxylation sites is 2. The van der Waals surface area contributed by atoms with Gasteiger partial charge in [-0.15, -0.1) is 0 Å². The molecule has 0 aliphatic heterocycles. The van der Waals surface area contributed by atoms with Crippen LogP contribution in [0.5, 0.6) is 0 Å². The average Bonchev–Trinajstić information content (AvgIpc) is 3.02. The zero-order valence-corrected chi connectivity index (χ0v) is 12.7. The van der Waals surface area contributed by atoms with E-state index < -0.39 is 4.92 Å². The normalized spacial score (nSPS) is 10.8. The Balaban J connectivity index is 1.92. The molecular weight excluding hydrogens is 302 g/mol. The first-order chi connectivity index (χ1) is 11.7. The molecular formula is C19H13N3O2. The van der Waals surface area contributed by atoms with Gasteiger partial charge >= 0.3 is 0 Å². The van der Waals surface area contributed by atoms with Crippen LogP contribution in [0.4, 0.5) is 5.69 Å². The molecule has 0 fully saturated rings. The molecule has 4 rings (SSSR count). The van der Waals surface area contributed by atoms with Crippen molar-refractivity contribution in [3.63, 3.8) is 0 Å². The molecule has 0 atom stereocenters. The van der Waals surface area contributed by atoms with E-state index in [0.29, 0.717) is 0 Å². The lowest BCUT2D eigenvalue weighted by molar-refractivity contribution is -0.384. The second-order valence-electron chi connectivity index (χ2n) is 5.42. The first-order valence-corrected chi connectivity index (χ1v) is 7.52. The lowest BCUT2D eigenvalue weighted by Crippen LogP contribution is -1.95. The molecule has 0 aliphatic carbocycles. The third kappa shape index (κ3) is 2.32.